The number of benzene rings is 2. The Morgan fingerprint density at radius 1 is 1.19 bits per heavy atom. The number of nitrogens with zero attached hydrogens (tertiary/aromatic N) is 1. The van der Waals surface area contributed by atoms with Gasteiger partial charge in [-0.25, -0.2) is 0 Å². The second kappa shape index (κ2) is 7.49. The molecule has 6 nitrogen and oxygen atoms in total. The molecular weight excluding hydrogens is 332 g/mol. The lowest BCUT2D eigenvalue weighted by Gasteiger charge is -2.27. The number of nitro benzene ring substituents is 1. The van der Waals surface area contributed by atoms with Gasteiger partial charge in [-0.05, 0) is 34.9 Å². The van der Waals surface area contributed by atoms with E-state index in [0.29, 0.717) is 6.54 Å². The van der Waals surface area contributed by atoms with E-state index in [1.807, 2.05) is 12.1 Å². The lowest BCUT2D eigenvalue weighted by atomic mass is 10.00. The average Bonchev–Trinajstić information content (AvgIpc) is 3.04. The third kappa shape index (κ3) is 3.97. The smallest absolute Gasteiger partial charge is 0.269 e. The highest BCUT2D eigenvalue weighted by molar-refractivity contribution is 5.91. The first-order chi connectivity index (χ1) is 12.5. The fraction of sp³-hybridized carbons (Fsp3) is 0.250. The Balaban J connectivity index is 1.57. The predicted octanol–water partition coefficient (Wildman–Crippen LogP) is 2.91. The number of carbonyl (C=O) groups excluding carboxylic acids is 1. The molecule has 1 N–H and O–H groups in total. The van der Waals surface area contributed by atoms with Crippen LogP contribution in [-0.4, -0.2) is 30.1 Å². The molecule has 0 fully saturated rings. The molecule has 0 heterocycles. The van der Waals surface area contributed by atoms with Crippen LogP contribution >= 0.6 is 0 Å². The molecule has 0 bridgehead atoms. The Morgan fingerprint density at radius 2 is 1.81 bits per heavy atom. The van der Waals surface area contributed by atoms with E-state index in [1.54, 1.807) is 25.3 Å². The van der Waals surface area contributed by atoms with Crippen molar-refractivity contribution >= 4 is 17.7 Å². The quantitative estimate of drug-likeness (QED) is 0.492. The molecule has 0 aliphatic heterocycles. The van der Waals surface area contributed by atoms with Crippen molar-refractivity contribution in [1.82, 2.24) is 5.32 Å². The molecule has 0 aromatic heterocycles. The monoisotopic (exact) mass is 352 g/mol. The largest absolute Gasteiger partial charge is 0.376 e. The summed E-state index contributed by atoms with van der Waals surface area (Å²) < 4.78 is 5.73. The van der Waals surface area contributed by atoms with Crippen LogP contribution in [0.15, 0.2) is 54.6 Å². The Kier molecular flexibility index (Phi) is 5.14. The third-order valence-electron chi connectivity index (χ3n) is 4.69. The van der Waals surface area contributed by atoms with E-state index in [-0.39, 0.29) is 11.6 Å². The SMILES string of the molecule is COC1(CNC(=O)/C=C/c2ccc([N+](=O)[O-])cc2)Cc2ccccc2C1. The van der Waals surface area contributed by atoms with Crippen molar-refractivity contribution in [2.45, 2.75) is 18.4 Å². The van der Waals surface area contributed by atoms with Crippen molar-refractivity contribution in [2.75, 3.05) is 13.7 Å². The van der Waals surface area contributed by atoms with Crippen LogP contribution < -0.4 is 5.32 Å². The van der Waals surface area contributed by atoms with E-state index >= 15 is 0 Å². The predicted molar refractivity (Wildman–Crippen MR) is 98.7 cm³/mol. The van der Waals surface area contributed by atoms with Gasteiger partial charge in [-0.1, -0.05) is 24.3 Å². The molecule has 26 heavy (non-hydrogen) atoms. The topological polar surface area (TPSA) is 81.5 Å². The maximum atomic E-state index is 12.1. The highest BCUT2D eigenvalue weighted by atomic mass is 16.6. The molecule has 0 spiro atoms. The van der Waals surface area contributed by atoms with Gasteiger partial charge in [-0.15, -0.1) is 0 Å². The van der Waals surface area contributed by atoms with Crippen LogP contribution in [0.4, 0.5) is 5.69 Å². The minimum atomic E-state index is -0.454. The molecule has 2 aromatic carbocycles. The summed E-state index contributed by atoms with van der Waals surface area (Å²) in [7, 11) is 1.67. The minimum Gasteiger partial charge on any atom is -0.376 e. The number of rotatable bonds is 6. The average molecular weight is 352 g/mol. The summed E-state index contributed by atoms with van der Waals surface area (Å²) in [6.07, 6.45) is 4.59. The Bertz CT molecular complexity index is 818. The molecule has 1 aliphatic rings. The number of non-ortho nitro benzene ring substituents is 1. The van der Waals surface area contributed by atoms with Crippen molar-refractivity contribution in [1.29, 1.82) is 0 Å². The number of nitrogens with one attached hydrogen (secondary N) is 1. The Hall–Kier alpha value is -2.99. The molecule has 2 aromatic rings. The van der Waals surface area contributed by atoms with Gasteiger partial charge in [-0.2, -0.15) is 0 Å². The van der Waals surface area contributed by atoms with E-state index in [4.69, 9.17) is 4.74 Å². The number of fused-ring (bicyclic) bond motifs is 1. The second-order valence-corrected chi connectivity index (χ2v) is 6.41. The second-order valence-electron chi connectivity index (χ2n) is 6.41. The summed E-state index contributed by atoms with van der Waals surface area (Å²) in [5, 5.41) is 13.5. The van der Waals surface area contributed by atoms with Gasteiger partial charge in [0.2, 0.25) is 5.91 Å². The highest BCUT2D eigenvalue weighted by Crippen LogP contribution is 2.32. The van der Waals surface area contributed by atoms with Crippen LogP contribution in [0.5, 0.6) is 0 Å². The van der Waals surface area contributed by atoms with E-state index in [1.165, 1.54) is 29.3 Å². The molecule has 1 aliphatic carbocycles. The number of amides is 1. The molecule has 6 heteroatoms. The van der Waals surface area contributed by atoms with Crippen LogP contribution in [0.1, 0.15) is 16.7 Å². The van der Waals surface area contributed by atoms with Crippen LogP contribution in [0.2, 0.25) is 0 Å². The van der Waals surface area contributed by atoms with Gasteiger partial charge >= 0.3 is 0 Å². The first-order valence-electron chi connectivity index (χ1n) is 8.34. The lowest BCUT2D eigenvalue weighted by Crippen LogP contribution is -2.44. The van der Waals surface area contributed by atoms with Crippen molar-refractivity contribution < 1.29 is 14.5 Å². The van der Waals surface area contributed by atoms with E-state index in [9.17, 15) is 14.9 Å². The summed E-state index contributed by atoms with van der Waals surface area (Å²) in [5.41, 5.74) is 2.84. The standard InChI is InChI=1S/C20H20N2O4/c1-26-20(12-16-4-2-3-5-17(16)13-20)14-21-19(23)11-8-15-6-9-18(10-7-15)22(24)25/h2-11H,12-14H2,1H3,(H,21,23)/b11-8+. The molecule has 3 rings (SSSR count). The summed E-state index contributed by atoms with van der Waals surface area (Å²) >= 11 is 0. The van der Waals surface area contributed by atoms with Gasteiger partial charge < -0.3 is 10.1 Å². The van der Waals surface area contributed by atoms with Gasteiger partial charge in [0.1, 0.15) is 0 Å². The van der Waals surface area contributed by atoms with Gasteiger partial charge in [-0.3, -0.25) is 14.9 Å². The van der Waals surface area contributed by atoms with Crippen molar-refractivity contribution in [3.8, 4) is 0 Å². The van der Waals surface area contributed by atoms with Gasteiger partial charge in [0.15, 0.2) is 0 Å². The minimum absolute atomic E-state index is 0.0226. The van der Waals surface area contributed by atoms with Crippen LogP contribution in [0, 0.1) is 10.1 Å². The summed E-state index contributed by atoms with van der Waals surface area (Å²) in [5.74, 6) is -0.226. The molecule has 0 atom stereocenters. The zero-order valence-electron chi connectivity index (χ0n) is 14.5. The highest BCUT2D eigenvalue weighted by Gasteiger charge is 2.37. The van der Waals surface area contributed by atoms with Crippen LogP contribution in [0.3, 0.4) is 0 Å². The van der Waals surface area contributed by atoms with Crippen LogP contribution in [-0.2, 0) is 22.4 Å². The molecule has 0 saturated carbocycles. The van der Waals surface area contributed by atoms with Crippen LogP contribution in [0.25, 0.3) is 6.08 Å². The fourth-order valence-corrected chi connectivity index (χ4v) is 3.19. The zero-order chi connectivity index (χ0) is 18.6. The number of ether oxygens (including phenoxy) is 1. The van der Waals surface area contributed by atoms with Gasteiger partial charge in [0.25, 0.3) is 5.69 Å². The summed E-state index contributed by atoms with van der Waals surface area (Å²) in [6, 6.07) is 14.2. The molecular formula is C20H20N2O4. The van der Waals surface area contributed by atoms with Gasteiger partial charge in [0, 0.05) is 44.7 Å². The maximum absolute atomic E-state index is 12.1. The normalized spacial score (nSPS) is 15.0. The first-order valence-corrected chi connectivity index (χ1v) is 8.34. The number of carbonyl (C=O) groups is 1. The first kappa shape index (κ1) is 17.8. The maximum Gasteiger partial charge on any atom is 0.269 e. The molecule has 0 saturated heterocycles. The van der Waals surface area contributed by atoms with E-state index in [0.717, 1.165) is 18.4 Å². The summed E-state index contributed by atoms with van der Waals surface area (Å²) in [6.45, 7) is 0.418. The molecule has 0 radical (unpaired) electrons. The van der Waals surface area contributed by atoms with Crippen molar-refractivity contribution in [3.63, 3.8) is 0 Å². The van der Waals surface area contributed by atoms with E-state index in [2.05, 4.69) is 17.4 Å². The number of hydrogen-bond acceptors (Lipinski definition) is 4. The Morgan fingerprint density at radius 3 is 2.35 bits per heavy atom. The zero-order valence-corrected chi connectivity index (χ0v) is 14.5. The van der Waals surface area contributed by atoms with Gasteiger partial charge in [0.05, 0.1) is 10.5 Å². The van der Waals surface area contributed by atoms with E-state index < -0.39 is 10.5 Å². The number of hydrogen-bond donors (Lipinski definition) is 1. The number of nitro groups is 1. The van der Waals surface area contributed by atoms with Crippen molar-refractivity contribution in [2.24, 2.45) is 0 Å². The number of methoxy groups -OCH3 is 1. The lowest BCUT2D eigenvalue weighted by molar-refractivity contribution is -0.384. The summed E-state index contributed by atoms with van der Waals surface area (Å²) in [4.78, 5) is 22.3. The fourth-order valence-electron chi connectivity index (χ4n) is 3.19. The molecule has 134 valence electrons. The molecule has 0 unspecified atom stereocenters. The molecule has 1 amide bonds. The third-order valence-corrected chi connectivity index (χ3v) is 4.69. The Labute approximate surface area is 151 Å². The van der Waals surface area contributed by atoms with Crippen molar-refractivity contribution in [3.05, 3.63) is 81.4 Å².